The van der Waals surface area contributed by atoms with Crippen LogP contribution in [0.4, 0.5) is 0 Å². The van der Waals surface area contributed by atoms with Crippen LogP contribution >= 0.6 is 0 Å². The van der Waals surface area contributed by atoms with E-state index in [1.807, 2.05) is 32.1 Å². The Balaban J connectivity index is 2.36. The summed E-state index contributed by atoms with van der Waals surface area (Å²) in [5, 5.41) is 0. The lowest BCUT2D eigenvalue weighted by atomic mass is 10.00. The third-order valence-electron chi connectivity index (χ3n) is 3.48. The van der Waals surface area contributed by atoms with Crippen molar-refractivity contribution in [2.24, 2.45) is 0 Å². The molecule has 0 saturated heterocycles. The second-order valence-electron chi connectivity index (χ2n) is 4.93. The van der Waals surface area contributed by atoms with Crippen molar-refractivity contribution in [3.8, 4) is 0 Å². The van der Waals surface area contributed by atoms with Crippen molar-refractivity contribution in [3.63, 3.8) is 0 Å². The molecule has 3 heteroatoms. The van der Waals surface area contributed by atoms with Crippen LogP contribution in [-0.4, -0.2) is 8.42 Å². The second kappa shape index (κ2) is 4.73. The standard InChI is InChI=1S/C15H18O2S/c1-11-4-7-14(8-5-11)18(16,17)15-9-6-12(2)13(3)10-15/h4-5,7-9H,6,10H2,1-3H3. The largest absolute Gasteiger partial charge is 0.219 e. The number of aryl methyl sites for hydroxylation is 1. The Labute approximate surface area is 109 Å². The summed E-state index contributed by atoms with van der Waals surface area (Å²) in [4.78, 5) is 0.932. The summed E-state index contributed by atoms with van der Waals surface area (Å²) in [7, 11) is -3.31. The molecule has 96 valence electrons. The molecule has 0 aliphatic heterocycles. The number of hydrogen-bond acceptors (Lipinski definition) is 2. The van der Waals surface area contributed by atoms with Crippen LogP contribution in [0, 0.1) is 6.92 Å². The predicted molar refractivity (Wildman–Crippen MR) is 74.1 cm³/mol. The van der Waals surface area contributed by atoms with Gasteiger partial charge in [-0.05, 0) is 39.3 Å². The molecule has 0 aromatic heterocycles. The van der Waals surface area contributed by atoms with Crippen LogP contribution in [0.15, 0.2) is 51.3 Å². The smallest absolute Gasteiger partial charge is 0.202 e. The van der Waals surface area contributed by atoms with Crippen molar-refractivity contribution in [2.75, 3.05) is 0 Å². The Bertz CT molecular complexity index is 617. The molecule has 2 rings (SSSR count). The summed E-state index contributed by atoms with van der Waals surface area (Å²) in [6.45, 7) is 6.01. The first-order valence-electron chi connectivity index (χ1n) is 6.07. The molecule has 0 fully saturated rings. The van der Waals surface area contributed by atoms with Gasteiger partial charge in [-0.1, -0.05) is 34.9 Å². The Morgan fingerprint density at radius 3 is 2.11 bits per heavy atom. The molecule has 1 aromatic rings. The number of rotatable bonds is 2. The topological polar surface area (TPSA) is 34.1 Å². The maximum absolute atomic E-state index is 12.5. The van der Waals surface area contributed by atoms with Crippen LogP contribution in [0.5, 0.6) is 0 Å². The van der Waals surface area contributed by atoms with E-state index in [2.05, 4.69) is 6.92 Å². The van der Waals surface area contributed by atoms with E-state index in [1.165, 1.54) is 11.1 Å². The number of sulfone groups is 1. The summed E-state index contributed by atoms with van der Waals surface area (Å²) in [5.74, 6) is 0. The Hall–Kier alpha value is -1.35. The number of benzene rings is 1. The lowest BCUT2D eigenvalue weighted by Gasteiger charge is -2.16. The molecule has 0 saturated carbocycles. The van der Waals surface area contributed by atoms with Crippen molar-refractivity contribution in [2.45, 2.75) is 38.5 Å². The SMILES string of the molecule is CC1=C(C)CC(S(=O)(=O)c2ccc(C)cc2)=CC1. The monoisotopic (exact) mass is 262 g/mol. The van der Waals surface area contributed by atoms with Gasteiger partial charge in [-0.3, -0.25) is 0 Å². The molecule has 18 heavy (non-hydrogen) atoms. The summed E-state index contributed by atoms with van der Waals surface area (Å²) in [6.07, 6.45) is 3.13. The molecule has 0 spiro atoms. The third kappa shape index (κ3) is 2.41. The van der Waals surface area contributed by atoms with Gasteiger partial charge in [0.2, 0.25) is 9.84 Å². The molecule has 0 bridgehead atoms. The summed E-state index contributed by atoms with van der Waals surface area (Å²) < 4.78 is 24.9. The van der Waals surface area contributed by atoms with E-state index < -0.39 is 9.84 Å². The predicted octanol–water partition coefficient (Wildman–Crippen LogP) is 3.78. The lowest BCUT2D eigenvalue weighted by molar-refractivity contribution is 0.600. The van der Waals surface area contributed by atoms with E-state index in [-0.39, 0.29) is 0 Å². The van der Waals surface area contributed by atoms with Crippen molar-refractivity contribution >= 4 is 9.84 Å². The molecule has 1 aromatic carbocycles. The Morgan fingerprint density at radius 2 is 1.56 bits per heavy atom. The minimum Gasteiger partial charge on any atom is -0.219 e. The van der Waals surface area contributed by atoms with Gasteiger partial charge >= 0.3 is 0 Å². The van der Waals surface area contributed by atoms with E-state index in [0.717, 1.165) is 12.0 Å². The van der Waals surface area contributed by atoms with Gasteiger partial charge < -0.3 is 0 Å². The number of allylic oxidation sites excluding steroid dienone is 4. The molecule has 0 unspecified atom stereocenters. The van der Waals surface area contributed by atoms with E-state index in [4.69, 9.17) is 0 Å². The maximum Gasteiger partial charge on any atom is 0.202 e. The average Bonchev–Trinajstić information content (AvgIpc) is 2.33. The van der Waals surface area contributed by atoms with Crippen LogP contribution in [-0.2, 0) is 9.84 Å². The molecule has 0 N–H and O–H groups in total. The Morgan fingerprint density at radius 1 is 0.944 bits per heavy atom. The molecular formula is C15H18O2S. The first-order valence-corrected chi connectivity index (χ1v) is 7.55. The normalized spacial score (nSPS) is 16.7. The quantitative estimate of drug-likeness (QED) is 0.760. The fourth-order valence-corrected chi connectivity index (χ4v) is 3.51. The van der Waals surface area contributed by atoms with Gasteiger partial charge in [-0.2, -0.15) is 0 Å². The van der Waals surface area contributed by atoms with Crippen molar-refractivity contribution in [1.29, 1.82) is 0 Å². The van der Waals surface area contributed by atoms with Crippen molar-refractivity contribution < 1.29 is 8.42 Å². The molecule has 1 aliphatic carbocycles. The molecule has 0 radical (unpaired) electrons. The highest BCUT2D eigenvalue weighted by Crippen LogP contribution is 2.31. The molecule has 0 amide bonds. The summed E-state index contributed by atoms with van der Waals surface area (Å²) in [6, 6.07) is 7.05. The zero-order chi connectivity index (χ0) is 13.3. The summed E-state index contributed by atoms with van der Waals surface area (Å²) >= 11 is 0. The number of hydrogen-bond donors (Lipinski definition) is 0. The third-order valence-corrected chi connectivity index (χ3v) is 5.37. The van der Waals surface area contributed by atoms with Gasteiger partial charge in [-0.25, -0.2) is 8.42 Å². The van der Waals surface area contributed by atoms with Crippen molar-refractivity contribution in [3.05, 3.63) is 52.0 Å². The van der Waals surface area contributed by atoms with Gasteiger partial charge in [0, 0.05) is 11.3 Å². The van der Waals surface area contributed by atoms with E-state index in [9.17, 15) is 8.42 Å². The molecule has 1 aliphatic rings. The molecule has 2 nitrogen and oxygen atoms in total. The zero-order valence-electron chi connectivity index (χ0n) is 11.0. The minimum absolute atomic E-state index is 0.395. The maximum atomic E-state index is 12.5. The molecular weight excluding hydrogens is 244 g/mol. The van der Waals surface area contributed by atoms with E-state index in [0.29, 0.717) is 16.2 Å². The molecule has 0 atom stereocenters. The van der Waals surface area contributed by atoms with Crippen LogP contribution in [0.1, 0.15) is 32.3 Å². The average molecular weight is 262 g/mol. The highest BCUT2D eigenvalue weighted by atomic mass is 32.2. The minimum atomic E-state index is -3.31. The van der Waals surface area contributed by atoms with Gasteiger partial charge in [0.05, 0.1) is 4.90 Å². The second-order valence-corrected chi connectivity index (χ2v) is 6.93. The van der Waals surface area contributed by atoms with Crippen LogP contribution < -0.4 is 0 Å². The van der Waals surface area contributed by atoms with Crippen LogP contribution in [0.3, 0.4) is 0 Å². The molecule has 0 heterocycles. The van der Waals surface area contributed by atoms with Crippen molar-refractivity contribution in [1.82, 2.24) is 0 Å². The Kier molecular flexibility index (Phi) is 3.44. The van der Waals surface area contributed by atoms with Gasteiger partial charge in [-0.15, -0.1) is 0 Å². The van der Waals surface area contributed by atoms with Gasteiger partial charge in [0.25, 0.3) is 0 Å². The summed E-state index contributed by atoms with van der Waals surface area (Å²) in [5.41, 5.74) is 3.51. The fourth-order valence-electron chi connectivity index (χ4n) is 2.00. The highest BCUT2D eigenvalue weighted by molar-refractivity contribution is 7.95. The zero-order valence-corrected chi connectivity index (χ0v) is 11.8. The highest BCUT2D eigenvalue weighted by Gasteiger charge is 2.22. The van der Waals surface area contributed by atoms with Crippen LogP contribution in [0.2, 0.25) is 0 Å². The fraction of sp³-hybridized carbons (Fsp3) is 0.333. The van der Waals surface area contributed by atoms with E-state index >= 15 is 0 Å². The lowest BCUT2D eigenvalue weighted by Crippen LogP contribution is -2.08. The first kappa shape index (κ1) is 13.1. The first-order chi connectivity index (χ1) is 8.41. The van der Waals surface area contributed by atoms with Crippen LogP contribution in [0.25, 0.3) is 0 Å². The van der Waals surface area contributed by atoms with Gasteiger partial charge in [0.1, 0.15) is 0 Å². The van der Waals surface area contributed by atoms with E-state index in [1.54, 1.807) is 12.1 Å². The van der Waals surface area contributed by atoms with Gasteiger partial charge in [0.15, 0.2) is 0 Å².